The van der Waals surface area contributed by atoms with Crippen LogP contribution in [0.3, 0.4) is 0 Å². The quantitative estimate of drug-likeness (QED) is 0.531. The third-order valence-corrected chi connectivity index (χ3v) is 4.40. The van der Waals surface area contributed by atoms with E-state index in [0.717, 1.165) is 19.3 Å². The van der Waals surface area contributed by atoms with Crippen LogP contribution < -0.4 is 5.32 Å². The molecule has 1 heterocycles. The molecule has 1 aliphatic heterocycles. The minimum atomic E-state index is -0.420. The molecule has 0 aliphatic carbocycles. The van der Waals surface area contributed by atoms with Crippen LogP contribution in [0.25, 0.3) is 0 Å². The highest BCUT2D eigenvalue weighted by atomic mass is 16.5. The summed E-state index contributed by atoms with van der Waals surface area (Å²) < 4.78 is 5.19. The molecule has 0 spiro atoms. The minimum Gasteiger partial charge on any atom is -0.393 e. The Kier molecular flexibility index (Phi) is 11.5. The summed E-state index contributed by atoms with van der Waals surface area (Å²) >= 11 is 0. The SMILES string of the molecule is CCCCCCCC[C@H](O)CCC(=O)NCC(=O)N1CCOCC1. The molecule has 0 aromatic carbocycles. The van der Waals surface area contributed by atoms with Gasteiger partial charge < -0.3 is 20.1 Å². The topological polar surface area (TPSA) is 78.9 Å². The van der Waals surface area contributed by atoms with Crippen LogP contribution in [-0.2, 0) is 14.3 Å². The monoisotopic (exact) mass is 342 g/mol. The van der Waals surface area contributed by atoms with Crippen molar-refractivity contribution < 1.29 is 19.4 Å². The number of ether oxygens (including phenoxy) is 1. The van der Waals surface area contributed by atoms with Crippen molar-refractivity contribution in [3.8, 4) is 0 Å². The van der Waals surface area contributed by atoms with Crippen molar-refractivity contribution in [1.82, 2.24) is 10.2 Å². The summed E-state index contributed by atoms with van der Waals surface area (Å²) in [6, 6.07) is 0. The Labute approximate surface area is 145 Å². The second kappa shape index (κ2) is 13.2. The summed E-state index contributed by atoms with van der Waals surface area (Å²) in [5, 5.41) is 12.6. The summed E-state index contributed by atoms with van der Waals surface area (Å²) in [6.07, 6.45) is 8.26. The zero-order valence-corrected chi connectivity index (χ0v) is 15.1. The van der Waals surface area contributed by atoms with E-state index in [0.29, 0.717) is 32.7 Å². The number of hydrogen-bond acceptors (Lipinski definition) is 4. The Morgan fingerprint density at radius 3 is 2.46 bits per heavy atom. The van der Waals surface area contributed by atoms with Crippen molar-refractivity contribution in [2.45, 2.75) is 70.8 Å². The fourth-order valence-corrected chi connectivity index (χ4v) is 2.79. The molecule has 140 valence electrons. The molecule has 2 amide bonds. The van der Waals surface area contributed by atoms with Crippen LogP contribution in [0.5, 0.6) is 0 Å². The zero-order valence-electron chi connectivity index (χ0n) is 15.1. The number of unbranched alkanes of at least 4 members (excludes halogenated alkanes) is 5. The van der Waals surface area contributed by atoms with Gasteiger partial charge in [-0.3, -0.25) is 9.59 Å². The number of aliphatic hydroxyl groups excluding tert-OH is 1. The molecule has 1 atom stereocenters. The van der Waals surface area contributed by atoms with Crippen LogP contribution in [0, 0.1) is 0 Å². The zero-order chi connectivity index (χ0) is 17.6. The van der Waals surface area contributed by atoms with Crippen molar-refractivity contribution in [3.05, 3.63) is 0 Å². The van der Waals surface area contributed by atoms with Gasteiger partial charge in [0.15, 0.2) is 0 Å². The number of morpholine rings is 1. The van der Waals surface area contributed by atoms with Gasteiger partial charge in [0.25, 0.3) is 0 Å². The molecule has 0 saturated carbocycles. The molecule has 0 bridgehead atoms. The highest BCUT2D eigenvalue weighted by Crippen LogP contribution is 2.11. The van der Waals surface area contributed by atoms with E-state index in [9.17, 15) is 14.7 Å². The summed E-state index contributed by atoms with van der Waals surface area (Å²) in [5.74, 6) is -0.238. The molecule has 6 nitrogen and oxygen atoms in total. The Morgan fingerprint density at radius 2 is 1.75 bits per heavy atom. The van der Waals surface area contributed by atoms with Crippen LogP contribution in [0.1, 0.15) is 64.7 Å². The normalized spacial score (nSPS) is 16.0. The number of nitrogens with one attached hydrogen (secondary N) is 1. The Hall–Kier alpha value is -1.14. The predicted molar refractivity (Wildman–Crippen MR) is 93.6 cm³/mol. The van der Waals surface area contributed by atoms with Gasteiger partial charge in [0.05, 0.1) is 25.9 Å². The Bertz CT molecular complexity index is 357. The Balaban J connectivity index is 2.00. The van der Waals surface area contributed by atoms with E-state index in [2.05, 4.69) is 12.2 Å². The summed E-state index contributed by atoms with van der Waals surface area (Å²) in [6.45, 7) is 4.53. The molecule has 1 aliphatic rings. The number of hydrogen-bond donors (Lipinski definition) is 2. The van der Waals surface area contributed by atoms with Gasteiger partial charge in [-0.25, -0.2) is 0 Å². The molecular weight excluding hydrogens is 308 g/mol. The second-order valence-electron chi connectivity index (χ2n) is 6.52. The second-order valence-corrected chi connectivity index (χ2v) is 6.52. The number of rotatable bonds is 12. The van der Waals surface area contributed by atoms with Crippen molar-refractivity contribution in [2.75, 3.05) is 32.8 Å². The first-order valence-corrected chi connectivity index (χ1v) is 9.43. The highest BCUT2D eigenvalue weighted by molar-refractivity contribution is 5.84. The van der Waals surface area contributed by atoms with Crippen molar-refractivity contribution >= 4 is 11.8 Å². The minimum absolute atomic E-state index is 0.0341. The smallest absolute Gasteiger partial charge is 0.242 e. The predicted octanol–water partition coefficient (Wildman–Crippen LogP) is 1.85. The van der Waals surface area contributed by atoms with E-state index < -0.39 is 6.10 Å². The molecule has 0 unspecified atom stereocenters. The van der Waals surface area contributed by atoms with E-state index >= 15 is 0 Å². The van der Waals surface area contributed by atoms with Crippen molar-refractivity contribution in [2.24, 2.45) is 0 Å². The molecular formula is C18H34N2O4. The highest BCUT2D eigenvalue weighted by Gasteiger charge is 2.17. The van der Waals surface area contributed by atoms with Crippen LogP contribution in [0.4, 0.5) is 0 Å². The molecule has 1 saturated heterocycles. The average Bonchev–Trinajstić information content (AvgIpc) is 2.61. The maximum Gasteiger partial charge on any atom is 0.242 e. The van der Waals surface area contributed by atoms with Gasteiger partial charge in [-0.15, -0.1) is 0 Å². The number of amides is 2. The standard InChI is InChI=1S/C18H34N2O4/c1-2-3-4-5-6-7-8-16(21)9-10-17(22)19-15-18(23)20-11-13-24-14-12-20/h16,21H,2-15H2,1H3,(H,19,22)/t16-/m0/s1. The van der Waals surface area contributed by atoms with E-state index in [-0.39, 0.29) is 24.8 Å². The number of nitrogens with zero attached hydrogens (tertiary/aromatic N) is 1. The number of aliphatic hydroxyl groups is 1. The number of carbonyl (C=O) groups is 2. The molecule has 0 aromatic rings. The van der Waals surface area contributed by atoms with Gasteiger partial charge in [-0.1, -0.05) is 45.4 Å². The van der Waals surface area contributed by atoms with Crippen LogP contribution in [-0.4, -0.2) is 60.8 Å². The summed E-state index contributed by atoms with van der Waals surface area (Å²) in [5.41, 5.74) is 0. The molecule has 6 heteroatoms. The summed E-state index contributed by atoms with van der Waals surface area (Å²) in [7, 11) is 0. The first-order valence-electron chi connectivity index (χ1n) is 9.43. The van der Waals surface area contributed by atoms with Gasteiger partial charge in [-0.2, -0.15) is 0 Å². The third-order valence-electron chi connectivity index (χ3n) is 4.40. The molecule has 1 rings (SSSR count). The van der Waals surface area contributed by atoms with Crippen LogP contribution in [0.15, 0.2) is 0 Å². The Morgan fingerprint density at radius 1 is 1.08 bits per heavy atom. The molecule has 0 radical (unpaired) electrons. The maximum absolute atomic E-state index is 11.9. The fourth-order valence-electron chi connectivity index (χ4n) is 2.79. The first kappa shape index (κ1) is 20.9. The van der Waals surface area contributed by atoms with Crippen molar-refractivity contribution in [3.63, 3.8) is 0 Å². The third kappa shape index (κ3) is 9.88. The lowest BCUT2D eigenvalue weighted by Crippen LogP contribution is -2.45. The van der Waals surface area contributed by atoms with Gasteiger partial charge in [0, 0.05) is 19.5 Å². The van der Waals surface area contributed by atoms with Gasteiger partial charge in [-0.05, 0) is 12.8 Å². The lowest BCUT2D eigenvalue weighted by Gasteiger charge is -2.26. The van der Waals surface area contributed by atoms with E-state index in [4.69, 9.17) is 4.74 Å². The van der Waals surface area contributed by atoms with Crippen LogP contribution >= 0.6 is 0 Å². The van der Waals surface area contributed by atoms with E-state index in [1.807, 2.05) is 0 Å². The lowest BCUT2D eigenvalue weighted by molar-refractivity contribution is -0.136. The van der Waals surface area contributed by atoms with Gasteiger partial charge in [0.1, 0.15) is 0 Å². The largest absolute Gasteiger partial charge is 0.393 e. The molecule has 2 N–H and O–H groups in total. The molecule has 1 fully saturated rings. The molecule has 24 heavy (non-hydrogen) atoms. The first-order chi connectivity index (χ1) is 11.6. The summed E-state index contributed by atoms with van der Waals surface area (Å²) in [4.78, 5) is 25.4. The lowest BCUT2D eigenvalue weighted by atomic mass is 10.0. The van der Waals surface area contributed by atoms with Gasteiger partial charge >= 0.3 is 0 Å². The van der Waals surface area contributed by atoms with Crippen LogP contribution in [0.2, 0.25) is 0 Å². The van der Waals surface area contributed by atoms with E-state index in [1.54, 1.807) is 4.90 Å². The number of carbonyl (C=O) groups excluding carboxylic acids is 2. The average molecular weight is 342 g/mol. The van der Waals surface area contributed by atoms with Gasteiger partial charge in [0.2, 0.25) is 11.8 Å². The van der Waals surface area contributed by atoms with E-state index in [1.165, 1.54) is 25.7 Å². The molecule has 0 aromatic heterocycles. The fraction of sp³-hybridized carbons (Fsp3) is 0.889. The maximum atomic E-state index is 11.9. The van der Waals surface area contributed by atoms with Crippen molar-refractivity contribution in [1.29, 1.82) is 0 Å².